The molecular weight excluding hydrogens is 1120 g/mol. The third kappa shape index (κ3) is 69.4. The normalized spacial score (nSPS) is 13.9. The van der Waals surface area contributed by atoms with Gasteiger partial charge >= 0.3 is 5.97 Å². The van der Waals surface area contributed by atoms with Gasteiger partial charge in [0.1, 0.15) is 19.3 Å². The third-order valence-corrected chi connectivity index (χ3v) is 17.8. The SMILES string of the molecule is CC/C=C\C/C=C\C/C=C\C/C=C\C/C=C\CCCCCCCCCC(=O)OC(/C=C\CCCCCCCCCCCCC)C(COP(=O)([O-])OCC[N+](C)(C)C)NC(=O)CCCCCCCCCCCCCCCCCCC/C=C/CCCCCCCC. The van der Waals surface area contributed by atoms with Crippen LogP contribution in [0.1, 0.15) is 355 Å². The maximum Gasteiger partial charge on any atom is 0.306 e. The Morgan fingerprint density at radius 2 is 0.719 bits per heavy atom. The fourth-order valence-electron chi connectivity index (χ4n) is 11.0. The van der Waals surface area contributed by atoms with Crippen LogP contribution in [0.15, 0.2) is 85.1 Å². The Bertz CT molecular complexity index is 1800. The molecule has 0 aromatic carbocycles. The minimum atomic E-state index is -4.71. The van der Waals surface area contributed by atoms with Gasteiger partial charge in [-0.15, -0.1) is 0 Å². The molecule has 0 spiro atoms. The summed E-state index contributed by atoms with van der Waals surface area (Å²) in [7, 11) is 1.18. The summed E-state index contributed by atoms with van der Waals surface area (Å²) in [4.78, 5) is 40.3. The maximum absolute atomic E-state index is 13.6. The lowest BCUT2D eigenvalue weighted by molar-refractivity contribution is -0.870. The molecule has 0 radical (unpaired) electrons. The zero-order valence-electron chi connectivity index (χ0n) is 59.4. The molecule has 0 saturated carbocycles. The van der Waals surface area contributed by atoms with Crippen LogP contribution in [0.3, 0.4) is 0 Å². The third-order valence-electron chi connectivity index (χ3n) is 16.8. The Morgan fingerprint density at radius 1 is 0.404 bits per heavy atom. The summed E-state index contributed by atoms with van der Waals surface area (Å²) in [5.41, 5.74) is 0. The van der Waals surface area contributed by atoms with E-state index in [-0.39, 0.29) is 24.9 Å². The Balaban J connectivity index is 5.03. The van der Waals surface area contributed by atoms with E-state index >= 15 is 0 Å². The summed E-state index contributed by atoms with van der Waals surface area (Å²) in [6.45, 7) is 6.76. The highest BCUT2D eigenvalue weighted by Crippen LogP contribution is 2.38. The number of phosphoric acid groups is 1. The van der Waals surface area contributed by atoms with Gasteiger partial charge in [-0.1, -0.05) is 324 Å². The van der Waals surface area contributed by atoms with Crippen molar-refractivity contribution in [3.8, 4) is 0 Å². The van der Waals surface area contributed by atoms with Crippen molar-refractivity contribution in [2.45, 2.75) is 367 Å². The molecule has 0 saturated heterocycles. The van der Waals surface area contributed by atoms with Crippen LogP contribution in [-0.2, 0) is 27.9 Å². The first-order chi connectivity index (χ1) is 43.4. The molecule has 9 nitrogen and oxygen atoms in total. The minimum Gasteiger partial charge on any atom is -0.756 e. The first-order valence-corrected chi connectivity index (χ1v) is 39.4. The smallest absolute Gasteiger partial charge is 0.306 e. The minimum absolute atomic E-state index is 0.0257. The van der Waals surface area contributed by atoms with Crippen molar-refractivity contribution in [2.75, 3.05) is 40.9 Å². The predicted molar refractivity (Wildman–Crippen MR) is 385 cm³/mol. The lowest BCUT2D eigenvalue weighted by atomic mass is 10.0. The van der Waals surface area contributed by atoms with Gasteiger partial charge in [0.25, 0.3) is 7.82 Å². The summed E-state index contributed by atoms with van der Waals surface area (Å²) < 4.78 is 30.5. The van der Waals surface area contributed by atoms with Gasteiger partial charge in [-0.25, -0.2) is 0 Å². The predicted octanol–water partition coefficient (Wildman–Crippen LogP) is 23.8. The summed E-state index contributed by atoms with van der Waals surface area (Å²) in [5.74, 6) is -0.542. The molecule has 3 atom stereocenters. The van der Waals surface area contributed by atoms with Crippen LogP contribution in [0, 0.1) is 0 Å². The number of nitrogens with one attached hydrogen (secondary N) is 1. The number of hydrogen-bond donors (Lipinski definition) is 1. The Labute approximate surface area is 552 Å². The van der Waals surface area contributed by atoms with Gasteiger partial charge < -0.3 is 28.5 Å². The zero-order valence-corrected chi connectivity index (χ0v) is 60.3. The monoisotopic (exact) mass is 1270 g/mol. The number of rotatable bonds is 69. The molecule has 518 valence electrons. The summed E-state index contributed by atoms with van der Waals surface area (Å²) in [6, 6.07) is -0.897. The molecule has 0 fully saturated rings. The van der Waals surface area contributed by atoms with E-state index in [4.69, 9.17) is 13.8 Å². The number of nitrogens with zero attached hydrogens (tertiary/aromatic N) is 1. The lowest BCUT2D eigenvalue weighted by Gasteiger charge is -2.30. The first kappa shape index (κ1) is 86.2. The quantitative estimate of drug-likeness (QED) is 0.0212. The van der Waals surface area contributed by atoms with Crippen LogP contribution in [0.5, 0.6) is 0 Å². The van der Waals surface area contributed by atoms with Crippen molar-refractivity contribution in [1.82, 2.24) is 5.32 Å². The molecule has 0 bridgehead atoms. The number of phosphoric ester groups is 1. The molecule has 3 unspecified atom stereocenters. The number of carbonyl (C=O) groups excluding carboxylic acids is 2. The fraction of sp³-hybridized carbons (Fsp3) is 0.797. The molecule has 1 N–H and O–H groups in total. The number of hydrogen-bond acceptors (Lipinski definition) is 7. The van der Waals surface area contributed by atoms with Gasteiger partial charge in [-0.2, -0.15) is 0 Å². The van der Waals surface area contributed by atoms with E-state index in [1.54, 1.807) is 0 Å². The number of unbranched alkanes of at least 4 members (excludes halogenated alkanes) is 41. The van der Waals surface area contributed by atoms with E-state index < -0.39 is 26.6 Å². The van der Waals surface area contributed by atoms with Crippen molar-refractivity contribution in [3.05, 3.63) is 85.1 Å². The molecule has 0 aliphatic heterocycles. The number of quaternary nitrogens is 1. The second kappa shape index (κ2) is 68.1. The molecule has 0 aliphatic carbocycles. The highest BCUT2D eigenvalue weighted by Gasteiger charge is 2.27. The van der Waals surface area contributed by atoms with E-state index in [2.05, 4.69) is 99.0 Å². The van der Waals surface area contributed by atoms with Gasteiger partial charge in [0.05, 0.1) is 33.8 Å². The van der Waals surface area contributed by atoms with Crippen molar-refractivity contribution >= 4 is 19.7 Å². The molecule has 0 aromatic heterocycles. The van der Waals surface area contributed by atoms with Crippen LogP contribution in [0.4, 0.5) is 0 Å². The van der Waals surface area contributed by atoms with Crippen LogP contribution in [0.25, 0.3) is 0 Å². The number of carbonyl (C=O) groups is 2. The van der Waals surface area contributed by atoms with Crippen molar-refractivity contribution < 1.29 is 37.3 Å². The first-order valence-electron chi connectivity index (χ1n) is 37.9. The molecule has 0 rings (SSSR count). The van der Waals surface area contributed by atoms with E-state index in [0.29, 0.717) is 17.4 Å². The highest BCUT2D eigenvalue weighted by atomic mass is 31.2. The average Bonchev–Trinajstić information content (AvgIpc) is 3.57. The maximum atomic E-state index is 13.6. The van der Waals surface area contributed by atoms with E-state index in [0.717, 1.165) is 103 Å². The zero-order chi connectivity index (χ0) is 64.9. The number of esters is 1. The standard InChI is InChI=1S/C79H145N2O7P/c1-7-10-13-16-19-22-25-28-30-32-34-36-38-39-40-41-43-44-46-48-50-53-56-59-62-65-68-71-78(82)80-76(75-87-89(84,85)86-74-73-81(4,5)6)77(70-67-64-61-58-55-52-27-24-21-18-15-12-9-3)88-79(83)72-69-66-63-60-57-54-51-49-47-45-42-37-35-33-31-29-26-23-20-17-14-11-8-2/h11,14,20,23,28-31,35,37,45,47,67,70,76-77H,7-10,12-13,15-19,21-22,24-27,32-34,36,38-44,46,48-66,68-69,71-75H2,1-6H3,(H-,80,82,84,85)/b14-11-,23-20-,30-28+,31-29-,37-35-,47-45-,70-67-. The Kier molecular flexibility index (Phi) is 65.9. The summed E-state index contributed by atoms with van der Waals surface area (Å²) in [6.07, 6.45) is 91.4. The summed E-state index contributed by atoms with van der Waals surface area (Å²) >= 11 is 0. The average molecular weight is 1270 g/mol. The molecular formula is C79H145N2O7P. The number of ether oxygens (including phenoxy) is 1. The highest BCUT2D eigenvalue weighted by molar-refractivity contribution is 7.45. The largest absolute Gasteiger partial charge is 0.756 e. The molecule has 0 aliphatic rings. The number of likely N-dealkylation sites (N-methyl/N-ethyl adjacent to an activating group) is 1. The van der Waals surface area contributed by atoms with E-state index in [1.807, 2.05) is 33.3 Å². The van der Waals surface area contributed by atoms with Crippen LogP contribution < -0.4 is 10.2 Å². The molecule has 89 heavy (non-hydrogen) atoms. The number of amides is 1. The molecule has 0 aromatic rings. The van der Waals surface area contributed by atoms with Crippen LogP contribution in [0.2, 0.25) is 0 Å². The molecule has 1 amide bonds. The number of allylic oxidation sites excluding steroid dienone is 13. The molecule has 0 heterocycles. The Morgan fingerprint density at radius 3 is 1.09 bits per heavy atom. The molecule has 10 heteroatoms. The van der Waals surface area contributed by atoms with Crippen molar-refractivity contribution in [3.63, 3.8) is 0 Å². The van der Waals surface area contributed by atoms with Gasteiger partial charge in [0.2, 0.25) is 5.91 Å². The van der Waals surface area contributed by atoms with Crippen molar-refractivity contribution in [1.29, 1.82) is 0 Å². The van der Waals surface area contributed by atoms with Crippen molar-refractivity contribution in [2.24, 2.45) is 0 Å². The van der Waals surface area contributed by atoms with Crippen LogP contribution in [-0.4, -0.2) is 69.4 Å². The fourth-order valence-corrected chi connectivity index (χ4v) is 11.7. The summed E-state index contributed by atoms with van der Waals surface area (Å²) in [5, 5.41) is 3.05. The lowest BCUT2D eigenvalue weighted by Crippen LogP contribution is -2.47. The topological polar surface area (TPSA) is 114 Å². The van der Waals surface area contributed by atoms with Gasteiger partial charge in [0, 0.05) is 12.8 Å². The Hall–Kier alpha value is -2.81. The second-order valence-corrected chi connectivity index (χ2v) is 28.2. The van der Waals surface area contributed by atoms with Gasteiger partial charge in [-0.05, 0) is 102 Å². The van der Waals surface area contributed by atoms with Crippen LogP contribution >= 0.6 is 7.82 Å². The van der Waals surface area contributed by atoms with E-state index in [1.165, 1.54) is 218 Å². The second-order valence-electron chi connectivity index (χ2n) is 26.8. The van der Waals surface area contributed by atoms with E-state index in [9.17, 15) is 19.0 Å². The van der Waals surface area contributed by atoms with Gasteiger partial charge in [0.15, 0.2) is 0 Å². The van der Waals surface area contributed by atoms with Gasteiger partial charge in [-0.3, -0.25) is 14.2 Å².